The molecule has 0 spiro atoms. The summed E-state index contributed by atoms with van der Waals surface area (Å²) in [5, 5.41) is 0. The third-order valence-electron chi connectivity index (χ3n) is 0. The van der Waals surface area contributed by atoms with Crippen LogP contribution in [0.15, 0.2) is 0 Å². The molecule has 0 amide bonds. The van der Waals surface area contributed by atoms with Crippen LogP contribution in [0.1, 0.15) is 0 Å². The second-order valence-electron chi connectivity index (χ2n) is 0. The molecule has 12 heteroatoms. The Hall–Kier alpha value is 1.88. The molecule has 0 aliphatic rings. The molecule has 0 nitrogen and oxygen atoms in total. The van der Waals surface area contributed by atoms with Gasteiger partial charge in [0.05, 0.1) is 0 Å². The predicted molar refractivity (Wildman–Crippen MR) is 5.75 cm³/mol. The minimum atomic E-state index is 0. The first-order chi connectivity index (χ1) is 0. The topological polar surface area (TPSA) is 0 Å². The molecule has 0 aliphatic heterocycles. The second kappa shape index (κ2) is 516. The van der Waals surface area contributed by atoms with Gasteiger partial charge in [-0.25, -0.2) is 0 Å². The molecule has 72 valence electrons. The van der Waals surface area contributed by atoms with Gasteiger partial charge < -0.3 is 42.3 Å². The zero-order valence-electron chi connectivity index (χ0n) is 5.13. The van der Waals surface area contributed by atoms with Crippen LogP contribution in [-0.2, 0) is 58.6 Å². The molecule has 0 unspecified atom stereocenters. The van der Waals surface area contributed by atoms with Crippen molar-refractivity contribution < 1.29 is 101 Å². The molecule has 0 aromatic heterocycles. The van der Waals surface area contributed by atoms with E-state index in [-0.39, 0.29) is 118 Å². The molecule has 0 rings (SSSR count). The molecule has 0 radical (unpaired) electrons. The molecule has 0 fully saturated rings. The van der Waals surface area contributed by atoms with E-state index in [9.17, 15) is 0 Å². The average Bonchev–Trinajstić information content (AvgIpc) is 0. The van der Waals surface area contributed by atoms with Gasteiger partial charge in [-0.2, -0.15) is 0 Å². The largest absolute Gasteiger partial charge is 3.00 e. The fraction of sp³-hybridized carbons (Fsp3) is 0. The first-order valence-electron chi connectivity index (χ1n) is 0. The normalized spacial score (nSPS) is 0. The fourth-order valence-corrected chi connectivity index (χ4v) is 0. The number of hydrogen-bond acceptors (Lipinski definition) is 0. The van der Waals surface area contributed by atoms with Gasteiger partial charge in [0, 0.05) is 0 Å². The molecule has 0 aromatic carbocycles. The van der Waals surface area contributed by atoms with E-state index in [1.807, 2.05) is 0 Å². The SMILES string of the molecule is [Al+3].[F-].[F-].[F-].[F-].[F-].[F-].[F-].[F-].[F-].[Sc+3].[Y+3]. The van der Waals surface area contributed by atoms with Crippen molar-refractivity contribution >= 4 is 17.4 Å². The maximum absolute atomic E-state index is 0. The quantitative estimate of drug-likeness (QED) is 0.305. The van der Waals surface area contributed by atoms with Crippen LogP contribution < -0.4 is 42.3 Å². The number of halogens is 9. The van der Waals surface area contributed by atoms with E-state index >= 15 is 0 Å². The van der Waals surface area contributed by atoms with Crippen molar-refractivity contribution in [2.75, 3.05) is 0 Å². The van der Waals surface area contributed by atoms with Crippen molar-refractivity contribution in [3.05, 3.63) is 0 Å². The van der Waals surface area contributed by atoms with Crippen molar-refractivity contribution in [2.45, 2.75) is 0 Å². The Morgan fingerprint density at radius 1 is 0.333 bits per heavy atom. The van der Waals surface area contributed by atoms with Crippen LogP contribution in [0.4, 0.5) is 0 Å². The Labute approximate surface area is 117 Å². The van der Waals surface area contributed by atoms with Crippen LogP contribution in [0.25, 0.3) is 0 Å². The summed E-state index contributed by atoms with van der Waals surface area (Å²) in [6, 6.07) is 0. The van der Waals surface area contributed by atoms with E-state index in [0.29, 0.717) is 0 Å². The molecule has 0 bridgehead atoms. The van der Waals surface area contributed by atoms with Crippen LogP contribution in [0.5, 0.6) is 0 Å². The minimum absolute atomic E-state index is 0. The second-order valence-corrected chi connectivity index (χ2v) is 0. The maximum Gasteiger partial charge on any atom is 3.00 e. The molecule has 0 atom stereocenters. The summed E-state index contributed by atoms with van der Waals surface area (Å²) >= 11 is 0. The minimum Gasteiger partial charge on any atom is -1.00 e. The van der Waals surface area contributed by atoms with Crippen LogP contribution in [0, 0.1) is 0 Å². The van der Waals surface area contributed by atoms with Gasteiger partial charge in [-0.1, -0.05) is 0 Å². The molecule has 0 saturated heterocycles. The Bertz CT molecular complexity index is 14.5. The molecule has 0 aliphatic carbocycles. The van der Waals surface area contributed by atoms with E-state index in [4.69, 9.17) is 0 Å². The van der Waals surface area contributed by atoms with Crippen LogP contribution in [0.3, 0.4) is 0 Å². The molecular weight excluding hydrogens is 332 g/mol. The number of rotatable bonds is 0. The summed E-state index contributed by atoms with van der Waals surface area (Å²) in [4.78, 5) is 0. The average molecular weight is 332 g/mol. The summed E-state index contributed by atoms with van der Waals surface area (Å²) in [5.74, 6) is 0. The van der Waals surface area contributed by atoms with E-state index in [0.717, 1.165) is 0 Å². The van der Waals surface area contributed by atoms with Gasteiger partial charge in [0.2, 0.25) is 0 Å². The number of hydrogen-bond donors (Lipinski definition) is 0. The van der Waals surface area contributed by atoms with E-state index in [2.05, 4.69) is 0 Å². The van der Waals surface area contributed by atoms with Crippen LogP contribution in [0.2, 0.25) is 0 Å². The van der Waals surface area contributed by atoms with E-state index in [1.54, 1.807) is 0 Å². The molecule has 12 heavy (non-hydrogen) atoms. The first kappa shape index (κ1) is 653. The van der Waals surface area contributed by atoms with Gasteiger partial charge in [0.1, 0.15) is 0 Å². The molecule has 0 aromatic rings. The molecule has 0 saturated carbocycles. The third kappa shape index (κ3) is 399. The van der Waals surface area contributed by atoms with Gasteiger partial charge in [0.15, 0.2) is 0 Å². The summed E-state index contributed by atoms with van der Waals surface area (Å²) in [6.45, 7) is 0. The molecule has 0 N–H and O–H groups in total. The smallest absolute Gasteiger partial charge is 1.00 e. The Balaban J connectivity index is 0. The Morgan fingerprint density at radius 3 is 0.333 bits per heavy atom. The predicted octanol–water partition coefficient (Wildman–Crippen LogP) is -27.3. The monoisotopic (exact) mass is 332 g/mol. The van der Waals surface area contributed by atoms with Gasteiger partial charge in [0.25, 0.3) is 0 Å². The first-order valence-corrected chi connectivity index (χ1v) is 0. The summed E-state index contributed by atoms with van der Waals surface area (Å²) in [5.41, 5.74) is 0. The molecular formula is AlF9ScY. The van der Waals surface area contributed by atoms with Crippen molar-refractivity contribution in [2.24, 2.45) is 0 Å². The van der Waals surface area contributed by atoms with E-state index < -0.39 is 0 Å². The summed E-state index contributed by atoms with van der Waals surface area (Å²) in [7, 11) is 0. The van der Waals surface area contributed by atoms with Crippen LogP contribution >= 0.6 is 0 Å². The van der Waals surface area contributed by atoms with Crippen molar-refractivity contribution in [1.29, 1.82) is 0 Å². The zero-order chi connectivity index (χ0) is 0. The van der Waals surface area contributed by atoms with E-state index in [1.165, 1.54) is 0 Å². The van der Waals surface area contributed by atoms with Crippen molar-refractivity contribution in [3.8, 4) is 0 Å². The molecule has 0 heterocycles. The van der Waals surface area contributed by atoms with Gasteiger partial charge in [-0.15, -0.1) is 0 Å². The van der Waals surface area contributed by atoms with Gasteiger partial charge in [-0.05, 0) is 0 Å². The van der Waals surface area contributed by atoms with Crippen molar-refractivity contribution in [1.82, 2.24) is 0 Å². The van der Waals surface area contributed by atoms with Gasteiger partial charge in [-0.3, -0.25) is 0 Å². The zero-order valence-corrected chi connectivity index (χ0v) is 10.9. The fourth-order valence-electron chi connectivity index (χ4n) is 0. The Morgan fingerprint density at radius 2 is 0.333 bits per heavy atom. The maximum atomic E-state index is 0. The van der Waals surface area contributed by atoms with Gasteiger partial charge >= 0.3 is 75.9 Å². The van der Waals surface area contributed by atoms with Crippen molar-refractivity contribution in [3.63, 3.8) is 0 Å². The summed E-state index contributed by atoms with van der Waals surface area (Å²) < 4.78 is 0. The summed E-state index contributed by atoms with van der Waals surface area (Å²) in [6.07, 6.45) is 0. The van der Waals surface area contributed by atoms with Crippen LogP contribution in [-0.4, -0.2) is 17.4 Å². The Kier molecular flexibility index (Phi) is 28100. The third-order valence-corrected chi connectivity index (χ3v) is 0. The standard InChI is InChI=1S/Al.9FH.Sc.Y/h;9*1H;;/q+3;;;;;;;;;;2*+3/p-9.